The third-order valence-corrected chi connectivity index (χ3v) is 7.37. The Morgan fingerprint density at radius 2 is 1.57 bits per heavy atom. The van der Waals surface area contributed by atoms with E-state index in [1.165, 1.54) is 0 Å². The molecule has 0 unspecified atom stereocenters. The number of rotatable bonds is 4. The van der Waals surface area contributed by atoms with Crippen LogP contribution < -0.4 is 4.90 Å². The van der Waals surface area contributed by atoms with Crippen LogP contribution in [0.15, 0.2) is 53.6 Å². The maximum Gasteiger partial charge on any atom is 0.243 e. The summed E-state index contributed by atoms with van der Waals surface area (Å²) in [7, 11) is -3.49. The van der Waals surface area contributed by atoms with Gasteiger partial charge >= 0.3 is 0 Å². The average Bonchev–Trinajstić information content (AvgIpc) is 2.76. The molecule has 0 saturated carbocycles. The minimum Gasteiger partial charge on any atom is -0.354 e. The molecule has 0 radical (unpaired) electrons. The van der Waals surface area contributed by atoms with Crippen molar-refractivity contribution in [1.82, 2.24) is 19.3 Å². The maximum absolute atomic E-state index is 13.0. The number of aromatic nitrogens is 3. The zero-order chi connectivity index (χ0) is 21.3. The molecular weight excluding hydrogens is 398 g/mol. The molecule has 0 atom stereocenters. The lowest BCUT2D eigenvalue weighted by molar-refractivity contribution is 0.383. The molecule has 3 aromatic rings. The number of pyridine rings is 1. The lowest BCUT2D eigenvalue weighted by Gasteiger charge is -2.35. The van der Waals surface area contributed by atoms with Crippen LogP contribution in [0, 0.1) is 20.8 Å². The van der Waals surface area contributed by atoms with Gasteiger partial charge in [0.1, 0.15) is 11.5 Å². The second-order valence-electron chi connectivity index (χ2n) is 7.50. The Bertz CT molecular complexity index is 1140. The molecule has 3 heterocycles. The Kier molecular flexibility index (Phi) is 5.53. The van der Waals surface area contributed by atoms with E-state index in [0.29, 0.717) is 36.9 Å². The topological polar surface area (TPSA) is 79.3 Å². The highest BCUT2D eigenvalue weighted by atomic mass is 32.2. The Balaban J connectivity index is 1.56. The van der Waals surface area contributed by atoms with Gasteiger partial charge in [0.15, 0.2) is 5.82 Å². The van der Waals surface area contributed by atoms with E-state index >= 15 is 0 Å². The fourth-order valence-corrected chi connectivity index (χ4v) is 4.95. The minimum atomic E-state index is -3.49. The first-order valence-electron chi connectivity index (χ1n) is 9.94. The summed E-state index contributed by atoms with van der Waals surface area (Å²) in [4.78, 5) is 16.2. The highest BCUT2D eigenvalue weighted by Gasteiger charge is 2.29. The van der Waals surface area contributed by atoms with Gasteiger partial charge in [-0.05, 0) is 45.0 Å². The normalized spacial score (nSPS) is 15.4. The molecule has 30 heavy (non-hydrogen) atoms. The molecule has 1 aliphatic rings. The molecule has 1 aromatic carbocycles. The molecule has 2 aromatic heterocycles. The lowest BCUT2D eigenvalue weighted by atomic mass is 10.2. The highest BCUT2D eigenvalue weighted by Crippen LogP contribution is 2.26. The molecule has 0 bridgehead atoms. The van der Waals surface area contributed by atoms with Crippen molar-refractivity contribution in [2.45, 2.75) is 25.7 Å². The van der Waals surface area contributed by atoms with Crippen molar-refractivity contribution in [1.29, 1.82) is 0 Å². The van der Waals surface area contributed by atoms with Crippen LogP contribution in [-0.2, 0) is 10.0 Å². The molecule has 1 fully saturated rings. The molecule has 1 saturated heterocycles. The average molecular weight is 424 g/mol. The van der Waals surface area contributed by atoms with Crippen molar-refractivity contribution < 1.29 is 8.42 Å². The van der Waals surface area contributed by atoms with E-state index in [1.807, 2.05) is 51.1 Å². The van der Waals surface area contributed by atoms with Crippen molar-refractivity contribution >= 4 is 15.8 Å². The molecule has 0 amide bonds. The Morgan fingerprint density at radius 3 is 2.20 bits per heavy atom. The largest absolute Gasteiger partial charge is 0.354 e. The number of benzene rings is 1. The van der Waals surface area contributed by atoms with Crippen LogP contribution in [0.2, 0.25) is 0 Å². The minimum absolute atomic E-state index is 0.341. The van der Waals surface area contributed by atoms with Crippen molar-refractivity contribution in [3.63, 3.8) is 0 Å². The summed E-state index contributed by atoms with van der Waals surface area (Å²) in [5, 5.41) is 0. The first-order valence-corrected chi connectivity index (χ1v) is 11.4. The number of nitrogens with zero attached hydrogens (tertiary/aromatic N) is 5. The van der Waals surface area contributed by atoms with E-state index in [9.17, 15) is 8.42 Å². The van der Waals surface area contributed by atoms with Crippen molar-refractivity contribution in [2.24, 2.45) is 0 Å². The number of aryl methyl sites for hydroxylation is 2. The van der Waals surface area contributed by atoms with Crippen LogP contribution in [0.5, 0.6) is 0 Å². The van der Waals surface area contributed by atoms with Crippen LogP contribution in [-0.4, -0.2) is 53.9 Å². The smallest absolute Gasteiger partial charge is 0.243 e. The maximum atomic E-state index is 13.0. The SMILES string of the molecule is Cc1ccc(S(=O)(=O)N2CCN(c3nc(-c4ccccn4)nc(C)c3C)CC2)cc1. The summed E-state index contributed by atoms with van der Waals surface area (Å²) < 4.78 is 27.5. The summed E-state index contributed by atoms with van der Waals surface area (Å²) in [6.07, 6.45) is 1.72. The number of sulfonamides is 1. The fraction of sp³-hybridized carbons (Fsp3) is 0.318. The molecule has 8 heteroatoms. The second-order valence-corrected chi connectivity index (χ2v) is 9.44. The van der Waals surface area contributed by atoms with Crippen LogP contribution in [0.3, 0.4) is 0 Å². The number of hydrogen-bond donors (Lipinski definition) is 0. The first-order chi connectivity index (χ1) is 14.4. The van der Waals surface area contributed by atoms with Crippen molar-refractivity contribution in [3.05, 3.63) is 65.5 Å². The predicted octanol–water partition coefficient (Wildman–Crippen LogP) is 2.97. The van der Waals surface area contributed by atoms with Gasteiger partial charge < -0.3 is 4.90 Å². The quantitative estimate of drug-likeness (QED) is 0.642. The highest BCUT2D eigenvalue weighted by molar-refractivity contribution is 7.89. The molecule has 0 aliphatic carbocycles. The molecule has 156 valence electrons. The molecule has 0 N–H and O–H groups in total. The van der Waals surface area contributed by atoms with E-state index in [2.05, 4.69) is 14.9 Å². The van der Waals surface area contributed by atoms with Gasteiger partial charge in [-0.3, -0.25) is 4.98 Å². The standard InChI is InChI=1S/C22H25N5O2S/c1-16-7-9-19(10-8-16)30(28,29)27-14-12-26(13-15-27)22-17(2)18(3)24-21(25-22)20-6-4-5-11-23-20/h4-11H,12-15H2,1-3H3. The first kappa shape index (κ1) is 20.4. The van der Waals surface area contributed by atoms with Crippen molar-refractivity contribution in [3.8, 4) is 11.5 Å². The van der Waals surface area contributed by atoms with E-state index < -0.39 is 10.0 Å². The van der Waals surface area contributed by atoms with E-state index in [4.69, 9.17) is 4.98 Å². The molecule has 0 spiro atoms. The number of anilines is 1. The van der Waals surface area contributed by atoms with Crippen LogP contribution in [0.1, 0.15) is 16.8 Å². The Morgan fingerprint density at radius 1 is 0.867 bits per heavy atom. The van der Waals surface area contributed by atoms with Crippen LogP contribution in [0.4, 0.5) is 5.82 Å². The lowest BCUT2D eigenvalue weighted by Crippen LogP contribution is -2.49. The fourth-order valence-electron chi connectivity index (χ4n) is 3.53. The zero-order valence-electron chi connectivity index (χ0n) is 17.4. The second kappa shape index (κ2) is 8.12. The summed E-state index contributed by atoms with van der Waals surface area (Å²) in [6.45, 7) is 7.89. The number of piperazine rings is 1. The third-order valence-electron chi connectivity index (χ3n) is 5.45. The summed E-state index contributed by atoms with van der Waals surface area (Å²) >= 11 is 0. The van der Waals surface area contributed by atoms with Crippen LogP contribution >= 0.6 is 0 Å². The van der Waals surface area contributed by atoms with E-state index in [0.717, 1.165) is 28.3 Å². The predicted molar refractivity (Wildman–Crippen MR) is 117 cm³/mol. The van der Waals surface area contributed by atoms with Gasteiger partial charge in [0.2, 0.25) is 10.0 Å². The van der Waals surface area contributed by atoms with Crippen LogP contribution in [0.25, 0.3) is 11.5 Å². The zero-order valence-corrected chi connectivity index (χ0v) is 18.2. The van der Waals surface area contributed by atoms with Gasteiger partial charge in [-0.15, -0.1) is 0 Å². The van der Waals surface area contributed by atoms with Gasteiger partial charge in [-0.1, -0.05) is 23.8 Å². The number of hydrogen-bond acceptors (Lipinski definition) is 6. The Hall–Kier alpha value is -2.84. The van der Waals surface area contributed by atoms with Gasteiger partial charge in [0.25, 0.3) is 0 Å². The summed E-state index contributed by atoms with van der Waals surface area (Å²) in [5.41, 5.74) is 3.67. The summed E-state index contributed by atoms with van der Waals surface area (Å²) in [6, 6.07) is 12.7. The monoisotopic (exact) mass is 423 g/mol. The molecule has 1 aliphatic heterocycles. The molecular formula is C22H25N5O2S. The van der Waals surface area contributed by atoms with Gasteiger partial charge in [-0.25, -0.2) is 18.4 Å². The van der Waals surface area contributed by atoms with Gasteiger partial charge in [-0.2, -0.15) is 4.31 Å². The van der Waals surface area contributed by atoms with Gasteiger partial charge in [0.05, 0.1) is 4.90 Å². The van der Waals surface area contributed by atoms with Gasteiger partial charge in [0, 0.05) is 43.6 Å². The third kappa shape index (κ3) is 3.93. The van der Waals surface area contributed by atoms with E-state index in [-0.39, 0.29) is 0 Å². The van der Waals surface area contributed by atoms with Crippen molar-refractivity contribution in [2.75, 3.05) is 31.1 Å². The molecule has 7 nitrogen and oxygen atoms in total. The Labute approximate surface area is 177 Å². The molecule has 4 rings (SSSR count). The van der Waals surface area contributed by atoms with E-state index in [1.54, 1.807) is 22.6 Å². The summed E-state index contributed by atoms with van der Waals surface area (Å²) in [5.74, 6) is 1.43.